The van der Waals surface area contributed by atoms with Gasteiger partial charge in [0, 0.05) is 17.8 Å². The van der Waals surface area contributed by atoms with E-state index in [0.717, 1.165) is 29.8 Å². The summed E-state index contributed by atoms with van der Waals surface area (Å²) in [7, 11) is 0. The van der Waals surface area contributed by atoms with Gasteiger partial charge in [-0.3, -0.25) is 9.59 Å². The second kappa shape index (κ2) is 9.09. The molecule has 0 spiro atoms. The molecule has 6 nitrogen and oxygen atoms in total. The highest BCUT2D eigenvalue weighted by Gasteiger charge is 2.45. The highest BCUT2D eigenvalue weighted by Crippen LogP contribution is 2.32. The first-order valence-corrected chi connectivity index (χ1v) is 12.2. The standard InChI is InChI=1S/C28H32N4O2/c1-18(2)13-25-27(33)30-26(22-14-20-9-7-8-10-21(20)15-22)28(34)31(25)17-23-16-29-32(19(23)3)24-11-5-4-6-12-24/h4-12,16,18,22,25-26H,13-15,17H2,1-3H3,(H,30,33)/t25-,26-/m1/s1. The first-order valence-electron chi connectivity index (χ1n) is 12.2. The first kappa shape index (κ1) is 22.4. The maximum atomic E-state index is 13.9. The van der Waals surface area contributed by atoms with Gasteiger partial charge in [-0.25, -0.2) is 4.68 Å². The van der Waals surface area contributed by atoms with Gasteiger partial charge in [-0.15, -0.1) is 0 Å². The maximum Gasteiger partial charge on any atom is 0.246 e. The lowest BCUT2D eigenvalue weighted by atomic mass is 9.90. The monoisotopic (exact) mass is 456 g/mol. The summed E-state index contributed by atoms with van der Waals surface area (Å²) in [5.41, 5.74) is 5.50. The summed E-state index contributed by atoms with van der Waals surface area (Å²) < 4.78 is 1.90. The quantitative estimate of drug-likeness (QED) is 0.613. The molecule has 3 aromatic rings. The minimum atomic E-state index is -0.493. The Labute approximate surface area is 201 Å². The largest absolute Gasteiger partial charge is 0.342 e. The highest BCUT2D eigenvalue weighted by molar-refractivity contribution is 5.97. The molecule has 0 unspecified atom stereocenters. The van der Waals surface area contributed by atoms with Crippen molar-refractivity contribution in [2.45, 2.75) is 58.7 Å². The van der Waals surface area contributed by atoms with Crippen molar-refractivity contribution in [1.82, 2.24) is 20.0 Å². The van der Waals surface area contributed by atoms with Crippen molar-refractivity contribution < 1.29 is 9.59 Å². The van der Waals surface area contributed by atoms with E-state index >= 15 is 0 Å². The van der Waals surface area contributed by atoms with Gasteiger partial charge in [0.15, 0.2) is 0 Å². The fourth-order valence-electron chi connectivity index (χ4n) is 5.41. The van der Waals surface area contributed by atoms with Crippen molar-refractivity contribution >= 4 is 11.8 Å². The summed E-state index contributed by atoms with van der Waals surface area (Å²) in [6, 6.07) is 17.4. The van der Waals surface area contributed by atoms with E-state index in [1.807, 2.05) is 65.2 Å². The predicted octanol–water partition coefficient (Wildman–Crippen LogP) is 3.84. The second-order valence-electron chi connectivity index (χ2n) is 10.0. The normalized spacial score (nSPS) is 20.6. The average molecular weight is 457 g/mol. The molecule has 0 radical (unpaired) electrons. The van der Waals surface area contributed by atoms with Gasteiger partial charge in [0.2, 0.25) is 11.8 Å². The molecule has 0 saturated carbocycles. The third-order valence-electron chi connectivity index (χ3n) is 7.23. The van der Waals surface area contributed by atoms with Crippen LogP contribution in [0.4, 0.5) is 0 Å². The molecule has 5 rings (SSSR count). The molecule has 1 aromatic heterocycles. The van der Waals surface area contributed by atoms with E-state index in [2.05, 4.69) is 36.4 Å². The molecule has 176 valence electrons. The van der Waals surface area contributed by atoms with Gasteiger partial charge in [0.1, 0.15) is 12.1 Å². The molecule has 2 aliphatic rings. The van der Waals surface area contributed by atoms with Crippen LogP contribution in [-0.2, 0) is 29.0 Å². The lowest BCUT2D eigenvalue weighted by Gasteiger charge is -2.41. The number of para-hydroxylation sites is 1. The minimum Gasteiger partial charge on any atom is -0.342 e. The molecule has 34 heavy (non-hydrogen) atoms. The lowest BCUT2D eigenvalue weighted by molar-refractivity contribution is -0.152. The summed E-state index contributed by atoms with van der Waals surface area (Å²) >= 11 is 0. The number of hydrogen-bond donors (Lipinski definition) is 1. The molecule has 2 amide bonds. The molecule has 2 atom stereocenters. The molecular formula is C28H32N4O2. The van der Waals surface area contributed by atoms with Crippen molar-refractivity contribution in [3.63, 3.8) is 0 Å². The Kier molecular flexibility index (Phi) is 5.98. The van der Waals surface area contributed by atoms with Gasteiger partial charge in [0.05, 0.1) is 11.9 Å². The van der Waals surface area contributed by atoms with Gasteiger partial charge < -0.3 is 10.2 Å². The van der Waals surface area contributed by atoms with E-state index in [0.29, 0.717) is 18.9 Å². The topological polar surface area (TPSA) is 67.2 Å². The van der Waals surface area contributed by atoms with Gasteiger partial charge in [-0.2, -0.15) is 5.10 Å². The molecule has 1 saturated heterocycles. The first-order chi connectivity index (χ1) is 16.4. The van der Waals surface area contributed by atoms with Crippen LogP contribution in [-0.4, -0.2) is 38.6 Å². The fourth-order valence-corrected chi connectivity index (χ4v) is 5.41. The lowest BCUT2D eigenvalue weighted by Crippen LogP contribution is -2.65. The van der Waals surface area contributed by atoms with E-state index in [1.54, 1.807) is 0 Å². The Morgan fingerprint density at radius 3 is 2.29 bits per heavy atom. The van der Waals surface area contributed by atoms with Crippen LogP contribution in [0.5, 0.6) is 0 Å². The summed E-state index contributed by atoms with van der Waals surface area (Å²) in [4.78, 5) is 29.0. The number of carbonyl (C=O) groups excluding carboxylic acids is 2. The van der Waals surface area contributed by atoms with Crippen LogP contribution in [0, 0.1) is 18.8 Å². The Balaban J connectivity index is 1.43. The summed E-state index contributed by atoms with van der Waals surface area (Å²) in [5, 5.41) is 7.69. The Morgan fingerprint density at radius 2 is 1.65 bits per heavy atom. The van der Waals surface area contributed by atoms with Gasteiger partial charge in [-0.1, -0.05) is 56.3 Å². The van der Waals surface area contributed by atoms with Crippen LogP contribution in [0.3, 0.4) is 0 Å². The zero-order chi connectivity index (χ0) is 23.8. The van der Waals surface area contributed by atoms with Crippen molar-refractivity contribution in [2.75, 3.05) is 0 Å². The van der Waals surface area contributed by atoms with Crippen LogP contribution >= 0.6 is 0 Å². The predicted molar refractivity (Wildman–Crippen MR) is 131 cm³/mol. The third-order valence-corrected chi connectivity index (χ3v) is 7.23. The molecule has 1 N–H and O–H groups in total. The molecule has 6 heteroatoms. The van der Waals surface area contributed by atoms with Crippen LogP contribution in [0.15, 0.2) is 60.8 Å². The van der Waals surface area contributed by atoms with E-state index in [4.69, 9.17) is 0 Å². The zero-order valence-electron chi connectivity index (χ0n) is 20.1. The number of nitrogens with zero attached hydrogens (tertiary/aromatic N) is 3. The van der Waals surface area contributed by atoms with Gasteiger partial charge in [0.25, 0.3) is 0 Å². The number of benzene rings is 2. The number of fused-ring (bicyclic) bond motifs is 1. The van der Waals surface area contributed by atoms with Crippen molar-refractivity contribution in [2.24, 2.45) is 11.8 Å². The second-order valence-corrected chi connectivity index (χ2v) is 10.0. The Morgan fingerprint density at radius 1 is 1.00 bits per heavy atom. The molecule has 1 aliphatic carbocycles. The summed E-state index contributed by atoms with van der Waals surface area (Å²) in [6.07, 6.45) is 4.11. The zero-order valence-corrected chi connectivity index (χ0v) is 20.1. The maximum absolute atomic E-state index is 13.9. The molecule has 2 heterocycles. The van der Waals surface area contributed by atoms with E-state index < -0.39 is 12.1 Å². The molecular weight excluding hydrogens is 424 g/mol. The smallest absolute Gasteiger partial charge is 0.246 e. The van der Waals surface area contributed by atoms with E-state index in [-0.39, 0.29) is 17.7 Å². The number of carbonyl (C=O) groups is 2. The molecule has 1 fully saturated rings. The summed E-state index contributed by atoms with van der Waals surface area (Å²) in [5.74, 6) is 0.369. The van der Waals surface area contributed by atoms with Crippen LogP contribution in [0.25, 0.3) is 5.69 Å². The van der Waals surface area contributed by atoms with E-state index in [9.17, 15) is 9.59 Å². The fraction of sp³-hybridized carbons (Fsp3) is 0.393. The average Bonchev–Trinajstić information content (AvgIpc) is 3.42. The third kappa shape index (κ3) is 4.13. The highest BCUT2D eigenvalue weighted by atomic mass is 16.2. The number of nitrogens with one attached hydrogen (secondary N) is 1. The van der Waals surface area contributed by atoms with Crippen molar-refractivity contribution in [3.8, 4) is 5.69 Å². The minimum absolute atomic E-state index is 0.0231. The van der Waals surface area contributed by atoms with Crippen molar-refractivity contribution in [1.29, 1.82) is 0 Å². The number of hydrogen-bond acceptors (Lipinski definition) is 3. The van der Waals surface area contributed by atoms with Crippen LogP contribution < -0.4 is 5.32 Å². The molecule has 0 bridgehead atoms. The van der Waals surface area contributed by atoms with Gasteiger partial charge >= 0.3 is 0 Å². The number of aromatic nitrogens is 2. The van der Waals surface area contributed by atoms with Crippen LogP contribution in [0.2, 0.25) is 0 Å². The van der Waals surface area contributed by atoms with Crippen LogP contribution in [0.1, 0.15) is 42.7 Å². The van der Waals surface area contributed by atoms with Gasteiger partial charge in [-0.05, 0) is 61.3 Å². The number of amides is 2. The molecule has 1 aliphatic heterocycles. The van der Waals surface area contributed by atoms with E-state index in [1.165, 1.54) is 11.1 Å². The number of rotatable bonds is 6. The number of piperazine rings is 1. The molecule has 2 aromatic carbocycles. The Bertz CT molecular complexity index is 1180. The SMILES string of the molecule is Cc1c(CN2C(=O)[C@@H](C3Cc4ccccc4C3)NC(=O)[C@H]2CC(C)C)cnn1-c1ccccc1. The summed E-state index contributed by atoms with van der Waals surface area (Å²) in [6.45, 7) is 6.59. The Hall–Kier alpha value is -3.41. The van der Waals surface area contributed by atoms with Crippen molar-refractivity contribution in [3.05, 3.63) is 83.2 Å².